The molecule has 0 saturated heterocycles. The van der Waals surface area contributed by atoms with E-state index in [0.717, 1.165) is 41.2 Å². The van der Waals surface area contributed by atoms with E-state index >= 15 is 0 Å². The summed E-state index contributed by atoms with van der Waals surface area (Å²) < 4.78 is 32.2. The van der Waals surface area contributed by atoms with Crippen LogP contribution in [0.5, 0.6) is 11.5 Å². The molecule has 2 aromatic heterocycles. The van der Waals surface area contributed by atoms with E-state index in [4.69, 9.17) is 4.74 Å². The summed E-state index contributed by atoms with van der Waals surface area (Å²) in [5, 5.41) is 12.8. The number of hydrogen-bond acceptors (Lipinski definition) is 9. The van der Waals surface area contributed by atoms with Gasteiger partial charge in [0.05, 0.1) is 32.3 Å². The zero-order chi connectivity index (χ0) is 28.9. The number of para-hydroxylation sites is 1. The number of carbonyl (C=O) groups is 2. The van der Waals surface area contributed by atoms with Gasteiger partial charge in [0.2, 0.25) is 9.84 Å². The molecule has 0 unspecified atom stereocenters. The molecule has 0 aliphatic carbocycles. The van der Waals surface area contributed by atoms with Gasteiger partial charge in [0, 0.05) is 18.3 Å². The lowest BCUT2D eigenvalue weighted by atomic mass is 10.1. The molecule has 0 radical (unpaired) electrons. The van der Waals surface area contributed by atoms with Gasteiger partial charge in [-0.2, -0.15) is 0 Å². The summed E-state index contributed by atoms with van der Waals surface area (Å²) in [4.78, 5) is 42.6. The van der Waals surface area contributed by atoms with Gasteiger partial charge < -0.3 is 10.1 Å². The van der Waals surface area contributed by atoms with Crippen molar-refractivity contribution in [2.75, 3.05) is 10.2 Å². The highest BCUT2D eigenvalue weighted by atomic mass is 32.2. The molecule has 0 fully saturated rings. The van der Waals surface area contributed by atoms with Crippen molar-refractivity contribution in [3.63, 3.8) is 0 Å². The first kappa shape index (κ1) is 26.1. The maximum atomic E-state index is 13.5. The average molecular weight is 587 g/mol. The molecular weight excluding hydrogens is 568 g/mol. The van der Waals surface area contributed by atoms with Gasteiger partial charge in [-0.15, -0.1) is 11.3 Å². The van der Waals surface area contributed by atoms with Crippen LogP contribution in [-0.4, -0.2) is 29.5 Å². The first-order valence-electron chi connectivity index (χ1n) is 12.0. The number of pyridine rings is 1. The van der Waals surface area contributed by atoms with Crippen LogP contribution in [0.2, 0.25) is 0 Å². The maximum absolute atomic E-state index is 13.5. The monoisotopic (exact) mass is 586 g/mol. The first-order chi connectivity index (χ1) is 19.6. The van der Waals surface area contributed by atoms with Crippen molar-refractivity contribution in [3.05, 3.63) is 106 Å². The lowest BCUT2D eigenvalue weighted by Gasteiger charge is -2.29. The number of nitrogens with one attached hydrogen (secondary N) is 1. The van der Waals surface area contributed by atoms with Crippen LogP contribution in [0.3, 0.4) is 0 Å². The number of anilines is 3. The van der Waals surface area contributed by atoms with Crippen LogP contribution in [0.25, 0.3) is 10.2 Å². The molecule has 6 rings (SSSR count). The number of rotatable bonds is 6. The van der Waals surface area contributed by atoms with E-state index in [2.05, 4.69) is 10.3 Å². The molecule has 11 nitrogen and oxygen atoms in total. The second-order valence-corrected chi connectivity index (χ2v) is 11.8. The third-order valence-electron chi connectivity index (χ3n) is 6.42. The van der Waals surface area contributed by atoms with Crippen molar-refractivity contribution < 1.29 is 27.7 Å². The van der Waals surface area contributed by atoms with Crippen molar-refractivity contribution in [2.24, 2.45) is 0 Å². The smallest absolute Gasteiger partial charge is 0.331 e. The zero-order valence-electron chi connectivity index (χ0n) is 21.1. The quantitative estimate of drug-likeness (QED) is 0.173. The number of aromatic nitrogens is 1. The molecule has 0 atom stereocenters. The molecule has 0 saturated carbocycles. The summed E-state index contributed by atoms with van der Waals surface area (Å²) in [6, 6.07) is 19.6. The van der Waals surface area contributed by atoms with E-state index in [-0.39, 0.29) is 16.3 Å². The van der Waals surface area contributed by atoms with E-state index in [1.807, 2.05) is 37.3 Å². The number of non-ortho nitro benzene ring substituents is 1. The number of nitro benzene ring substituents is 1. The van der Waals surface area contributed by atoms with E-state index in [9.17, 15) is 28.1 Å². The van der Waals surface area contributed by atoms with Crippen molar-refractivity contribution in [1.29, 1.82) is 0 Å². The van der Waals surface area contributed by atoms with Gasteiger partial charge in [0.1, 0.15) is 21.2 Å². The Morgan fingerprint density at radius 2 is 1.73 bits per heavy atom. The number of urea groups is 1. The fourth-order valence-corrected chi connectivity index (χ4v) is 6.97. The van der Waals surface area contributed by atoms with Crippen molar-refractivity contribution in [2.45, 2.75) is 11.8 Å². The van der Waals surface area contributed by atoms with E-state index < -0.39 is 30.8 Å². The Labute approximate surface area is 236 Å². The van der Waals surface area contributed by atoms with Crippen molar-refractivity contribution in [1.82, 2.24) is 4.98 Å². The second kappa shape index (κ2) is 9.80. The van der Waals surface area contributed by atoms with E-state index in [0.29, 0.717) is 33.1 Å². The molecule has 0 bridgehead atoms. The van der Waals surface area contributed by atoms with Crippen LogP contribution in [0.15, 0.2) is 90.0 Å². The zero-order valence-corrected chi connectivity index (χ0v) is 22.7. The Morgan fingerprint density at radius 1 is 1.00 bits per heavy atom. The summed E-state index contributed by atoms with van der Waals surface area (Å²) in [5.74, 6) is 1.24. The molecular formula is C28H18N4O7S2. The topological polar surface area (TPSA) is 149 Å². The molecule has 13 heteroatoms. The molecule has 3 heterocycles. The van der Waals surface area contributed by atoms with Crippen molar-refractivity contribution >= 4 is 65.3 Å². The number of nitrogens with zero attached hydrogens (tertiary/aromatic N) is 3. The number of nitro groups is 1. The Hall–Kier alpha value is -5.14. The summed E-state index contributed by atoms with van der Waals surface area (Å²) in [5.41, 5.74) is 1.44. The minimum absolute atomic E-state index is 0.0477. The summed E-state index contributed by atoms with van der Waals surface area (Å²) in [7, 11) is -4.58. The molecule has 204 valence electrons. The fraction of sp³-hybridized carbons (Fsp3) is 0.0357. The van der Waals surface area contributed by atoms with Crippen LogP contribution in [0.1, 0.15) is 15.2 Å². The van der Waals surface area contributed by atoms with Crippen molar-refractivity contribution in [3.8, 4) is 11.5 Å². The number of benzene rings is 3. The highest BCUT2D eigenvalue weighted by Gasteiger charge is 2.37. The Kier molecular flexibility index (Phi) is 6.24. The Balaban J connectivity index is 1.39. The first-order valence-corrected chi connectivity index (χ1v) is 14.3. The van der Waals surface area contributed by atoms with Crippen LogP contribution in [0.4, 0.5) is 27.5 Å². The molecule has 1 aliphatic heterocycles. The summed E-state index contributed by atoms with van der Waals surface area (Å²) >= 11 is 0.838. The van der Waals surface area contributed by atoms with Gasteiger partial charge in [-0.25, -0.2) is 18.2 Å². The number of thiophene rings is 1. The van der Waals surface area contributed by atoms with E-state index in [1.54, 1.807) is 24.3 Å². The Morgan fingerprint density at radius 3 is 2.41 bits per heavy atom. The van der Waals surface area contributed by atoms with Gasteiger partial charge in [0.25, 0.3) is 10.8 Å². The second-order valence-electron chi connectivity index (χ2n) is 8.99. The highest BCUT2D eigenvalue weighted by Crippen LogP contribution is 2.47. The third kappa shape index (κ3) is 4.46. The number of hydrogen-bond donors (Lipinski definition) is 1. The standard InChI is InChI=1S/C28H18N4O7S2/c1-16-15-19(39-18-5-3-2-4-6-18)9-12-21(16)31-22-13-14-29-26-23(22)24(30-28(31)34)25(40-26)27(33)41(37,38)20-10-7-17(8-11-20)32(35)36/h2-15H,1H3,(H,30,34). The fourth-order valence-electron chi connectivity index (χ4n) is 4.51. The minimum Gasteiger partial charge on any atom is -0.457 e. The molecule has 3 aromatic carbocycles. The molecule has 1 N–H and O–H groups in total. The maximum Gasteiger partial charge on any atom is 0.331 e. The minimum atomic E-state index is -4.58. The number of amides is 2. The predicted octanol–water partition coefficient (Wildman–Crippen LogP) is 6.60. The lowest BCUT2D eigenvalue weighted by Crippen LogP contribution is -2.34. The van der Waals surface area contributed by atoms with Crippen LogP contribution in [0, 0.1) is 17.0 Å². The number of ether oxygens (including phenoxy) is 1. The molecule has 1 aliphatic rings. The normalized spacial score (nSPS) is 12.7. The molecule has 0 spiro atoms. The average Bonchev–Trinajstić information content (AvgIpc) is 3.33. The Bertz CT molecular complexity index is 1990. The number of aryl methyl sites for hydroxylation is 1. The van der Waals surface area contributed by atoms with Crippen LogP contribution >= 0.6 is 11.3 Å². The third-order valence-corrected chi connectivity index (χ3v) is 9.23. The van der Waals surface area contributed by atoms with E-state index in [1.165, 1.54) is 11.1 Å². The van der Waals surface area contributed by atoms with Gasteiger partial charge in [-0.05, 0) is 61.0 Å². The van der Waals surface area contributed by atoms with Crippen LogP contribution < -0.4 is 15.0 Å². The van der Waals surface area contributed by atoms with Gasteiger partial charge in [-0.1, -0.05) is 18.2 Å². The number of carbonyl (C=O) groups excluding carboxylic acids is 2. The predicted molar refractivity (Wildman–Crippen MR) is 153 cm³/mol. The van der Waals surface area contributed by atoms with Gasteiger partial charge >= 0.3 is 6.03 Å². The molecule has 2 amide bonds. The van der Waals surface area contributed by atoms with Crippen LogP contribution in [-0.2, 0) is 9.84 Å². The summed E-state index contributed by atoms with van der Waals surface area (Å²) in [6.45, 7) is 1.83. The largest absolute Gasteiger partial charge is 0.457 e. The SMILES string of the molecule is Cc1cc(Oc2ccccc2)ccc1N1C(=O)Nc2c(C(=O)S(=O)(=O)c3ccc([N+](=O)[O-])cc3)sc3nccc1c23. The van der Waals surface area contributed by atoms with Gasteiger partial charge in [-0.3, -0.25) is 19.8 Å². The van der Waals surface area contributed by atoms with Gasteiger partial charge in [0.15, 0.2) is 0 Å². The molecule has 41 heavy (non-hydrogen) atoms. The highest BCUT2D eigenvalue weighted by molar-refractivity contribution is 8.07. The lowest BCUT2D eigenvalue weighted by molar-refractivity contribution is -0.384. The number of sulfone groups is 1. The molecule has 5 aromatic rings. The summed E-state index contributed by atoms with van der Waals surface area (Å²) in [6.07, 6.45) is 1.48.